The van der Waals surface area contributed by atoms with Crippen molar-refractivity contribution in [3.05, 3.63) is 17.1 Å². The van der Waals surface area contributed by atoms with Gasteiger partial charge in [-0.2, -0.15) is 0 Å². The molecule has 1 aliphatic carbocycles. The highest BCUT2D eigenvalue weighted by Crippen LogP contribution is 2.29. The van der Waals surface area contributed by atoms with E-state index >= 15 is 0 Å². The molecule has 0 radical (unpaired) electrons. The lowest BCUT2D eigenvalue weighted by Gasteiger charge is -2.05. The molecular weight excluding hydrogens is 230 g/mol. The summed E-state index contributed by atoms with van der Waals surface area (Å²) in [4.78, 5) is 0.0967. The van der Waals surface area contributed by atoms with Crippen LogP contribution in [0.5, 0.6) is 0 Å². The molecule has 0 bridgehead atoms. The van der Waals surface area contributed by atoms with Gasteiger partial charge in [-0.25, -0.2) is 13.1 Å². The number of hydrogen-bond acceptors (Lipinski definition) is 4. The van der Waals surface area contributed by atoms with Crippen LogP contribution in [0.2, 0.25) is 0 Å². The van der Waals surface area contributed by atoms with Crippen molar-refractivity contribution in [3.8, 4) is 0 Å². The highest BCUT2D eigenvalue weighted by Gasteiger charge is 2.32. The first-order valence-corrected chi connectivity index (χ1v) is 6.66. The Hall–Kier alpha value is -0.850. The van der Waals surface area contributed by atoms with E-state index in [-0.39, 0.29) is 17.5 Å². The molecule has 1 aliphatic rings. The van der Waals surface area contributed by atoms with Crippen LogP contribution in [0.25, 0.3) is 0 Å². The fourth-order valence-electron chi connectivity index (χ4n) is 1.72. The van der Waals surface area contributed by atoms with Gasteiger partial charge in [-0.1, -0.05) is 0 Å². The lowest BCUT2D eigenvalue weighted by molar-refractivity contribution is 0.276. The summed E-state index contributed by atoms with van der Waals surface area (Å²) in [5.74, 6) is 0.783. The van der Waals surface area contributed by atoms with E-state index in [1.807, 2.05) is 0 Å². The van der Waals surface area contributed by atoms with Crippen molar-refractivity contribution in [2.45, 2.75) is 44.2 Å². The molecule has 0 saturated heterocycles. The summed E-state index contributed by atoms with van der Waals surface area (Å²) in [7, 11) is -3.55. The molecule has 0 unspecified atom stereocenters. The molecule has 2 N–H and O–H groups in total. The van der Waals surface area contributed by atoms with Gasteiger partial charge in [-0.15, -0.1) is 0 Å². The normalized spacial score (nSPS) is 16.7. The van der Waals surface area contributed by atoms with E-state index in [1.165, 1.54) is 0 Å². The summed E-state index contributed by atoms with van der Waals surface area (Å²) in [6, 6.07) is 0.0474. The highest BCUT2D eigenvalue weighted by atomic mass is 32.2. The Morgan fingerprint density at radius 1 is 1.38 bits per heavy atom. The monoisotopic (exact) mass is 245 g/mol. The Morgan fingerprint density at radius 3 is 2.50 bits per heavy atom. The molecule has 6 heteroatoms. The summed E-state index contributed by atoms with van der Waals surface area (Å²) in [5, 5.41) is 9.17. The molecule has 0 amide bonds. The molecule has 1 fully saturated rings. The van der Waals surface area contributed by atoms with E-state index in [0.29, 0.717) is 17.1 Å². The number of rotatable bonds is 4. The number of nitrogens with one attached hydrogen (secondary N) is 1. The van der Waals surface area contributed by atoms with Gasteiger partial charge in [0.25, 0.3) is 0 Å². The third-order valence-corrected chi connectivity index (χ3v) is 4.37. The summed E-state index contributed by atoms with van der Waals surface area (Å²) in [6.45, 7) is 2.91. The van der Waals surface area contributed by atoms with E-state index < -0.39 is 10.0 Å². The minimum Gasteiger partial charge on any atom is -0.465 e. The number of aliphatic hydroxyl groups is 1. The minimum atomic E-state index is -3.55. The summed E-state index contributed by atoms with van der Waals surface area (Å²) in [6.07, 6.45) is 1.76. The zero-order valence-corrected chi connectivity index (χ0v) is 10.1. The van der Waals surface area contributed by atoms with Crippen LogP contribution < -0.4 is 4.72 Å². The topological polar surface area (TPSA) is 79.5 Å². The van der Waals surface area contributed by atoms with Crippen molar-refractivity contribution >= 4 is 10.0 Å². The SMILES string of the molecule is Cc1oc(C)c(S(=O)(=O)NC2CC2)c1CO. The lowest BCUT2D eigenvalue weighted by Crippen LogP contribution is -2.26. The van der Waals surface area contributed by atoms with Crippen molar-refractivity contribution in [2.75, 3.05) is 0 Å². The first kappa shape index (κ1) is 11.6. The standard InChI is InChI=1S/C10H15NO4S/c1-6-9(5-12)10(7(2)15-6)16(13,14)11-8-3-4-8/h8,11-12H,3-5H2,1-2H3. The molecule has 16 heavy (non-hydrogen) atoms. The number of sulfonamides is 1. The Morgan fingerprint density at radius 2 is 2.00 bits per heavy atom. The Kier molecular flexibility index (Phi) is 2.81. The van der Waals surface area contributed by atoms with Crippen LogP contribution in [0.15, 0.2) is 9.31 Å². The van der Waals surface area contributed by atoms with Crippen LogP contribution >= 0.6 is 0 Å². The van der Waals surface area contributed by atoms with E-state index in [4.69, 9.17) is 4.42 Å². The van der Waals surface area contributed by atoms with Gasteiger partial charge >= 0.3 is 0 Å². The smallest absolute Gasteiger partial charge is 0.244 e. The molecule has 5 nitrogen and oxygen atoms in total. The third-order valence-electron chi connectivity index (χ3n) is 2.65. The average molecular weight is 245 g/mol. The first-order chi connectivity index (χ1) is 7.45. The van der Waals surface area contributed by atoms with E-state index in [9.17, 15) is 13.5 Å². The van der Waals surface area contributed by atoms with Crippen LogP contribution in [0, 0.1) is 13.8 Å². The minimum absolute atomic E-state index is 0.0474. The molecule has 1 saturated carbocycles. The van der Waals surface area contributed by atoms with Crippen LogP contribution in [-0.2, 0) is 16.6 Å². The average Bonchev–Trinajstić information content (AvgIpc) is 2.90. The molecule has 1 aromatic rings. The quantitative estimate of drug-likeness (QED) is 0.823. The van der Waals surface area contributed by atoms with Gasteiger partial charge < -0.3 is 9.52 Å². The zero-order valence-electron chi connectivity index (χ0n) is 9.28. The molecule has 0 atom stereocenters. The van der Waals surface area contributed by atoms with Crippen LogP contribution in [0.4, 0.5) is 0 Å². The van der Waals surface area contributed by atoms with Crippen LogP contribution in [0.3, 0.4) is 0 Å². The van der Waals surface area contributed by atoms with Gasteiger partial charge in [-0.05, 0) is 26.7 Å². The Bertz CT molecular complexity index is 499. The number of aryl methyl sites for hydroxylation is 2. The van der Waals surface area contributed by atoms with Gasteiger partial charge in [0.2, 0.25) is 10.0 Å². The molecule has 0 aromatic carbocycles. The second-order valence-corrected chi connectivity index (χ2v) is 5.73. The van der Waals surface area contributed by atoms with E-state index in [0.717, 1.165) is 12.8 Å². The summed E-state index contributed by atoms with van der Waals surface area (Å²) in [5.41, 5.74) is 0.352. The van der Waals surface area contributed by atoms with Crippen LogP contribution in [0.1, 0.15) is 29.9 Å². The molecule has 0 aliphatic heterocycles. The van der Waals surface area contributed by atoms with Crippen molar-refractivity contribution in [1.82, 2.24) is 4.72 Å². The Balaban J connectivity index is 2.45. The molecule has 2 rings (SSSR count). The molecular formula is C10H15NO4S. The summed E-state index contributed by atoms with van der Waals surface area (Å²) < 4.78 is 31.9. The number of aliphatic hydroxyl groups excluding tert-OH is 1. The maximum atomic E-state index is 12.0. The summed E-state index contributed by atoms with van der Waals surface area (Å²) >= 11 is 0. The molecule has 1 heterocycles. The van der Waals surface area contributed by atoms with Gasteiger partial charge in [0.15, 0.2) is 0 Å². The van der Waals surface area contributed by atoms with Gasteiger partial charge in [0.05, 0.1) is 6.61 Å². The lowest BCUT2D eigenvalue weighted by atomic mass is 10.2. The fourth-order valence-corrected chi connectivity index (χ4v) is 3.47. The fraction of sp³-hybridized carbons (Fsp3) is 0.600. The maximum Gasteiger partial charge on any atom is 0.244 e. The predicted molar refractivity (Wildman–Crippen MR) is 57.4 cm³/mol. The van der Waals surface area contributed by atoms with Gasteiger partial charge in [0, 0.05) is 11.6 Å². The van der Waals surface area contributed by atoms with Crippen LogP contribution in [-0.4, -0.2) is 19.6 Å². The Labute approximate surface area is 94.5 Å². The highest BCUT2D eigenvalue weighted by molar-refractivity contribution is 7.89. The number of furan rings is 1. The van der Waals surface area contributed by atoms with Crippen molar-refractivity contribution in [3.63, 3.8) is 0 Å². The molecule has 1 aromatic heterocycles. The molecule has 0 spiro atoms. The van der Waals surface area contributed by atoms with Gasteiger partial charge in [-0.3, -0.25) is 0 Å². The second-order valence-electron chi connectivity index (χ2n) is 4.08. The van der Waals surface area contributed by atoms with Crippen molar-refractivity contribution in [1.29, 1.82) is 0 Å². The first-order valence-electron chi connectivity index (χ1n) is 5.17. The zero-order chi connectivity index (χ0) is 11.9. The van der Waals surface area contributed by atoms with Crippen molar-refractivity contribution < 1.29 is 17.9 Å². The van der Waals surface area contributed by atoms with E-state index in [2.05, 4.69) is 4.72 Å². The second kappa shape index (κ2) is 3.87. The van der Waals surface area contributed by atoms with E-state index in [1.54, 1.807) is 13.8 Å². The van der Waals surface area contributed by atoms with Gasteiger partial charge in [0.1, 0.15) is 16.4 Å². The largest absolute Gasteiger partial charge is 0.465 e. The predicted octanol–water partition coefficient (Wildman–Crippen LogP) is 0.829. The van der Waals surface area contributed by atoms with Crippen molar-refractivity contribution in [2.24, 2.45) is 0 Å². The number of hydrogen-bond donors (Lipinski definition) is 2. The maximum absolute atomic E-state index is 12.0. The molecule has 90 valence electrons. The third kappa shape index (κ3) is 2.00.